The zero-order valence-electron chi connectivity index (χ0n) is 16.7. The summed E-state index contributed by atoms with van der Waals surface area (Å²) in [5, 5.41) is 3.71. The topological polar surface area (TPSA) is 68.4 Å². The number of piperazine rings is 1. The number of halogens is 2. The first-order chi connectivity index (χ1) is 15.0. The Bertz CT molecular complexity index is 1050. The van der Waals surface area contributed by atoms with E-state index in [1.165, 1.54) is 0 Å². The average Bonchev–Trinajstić information content (AvgIpc) is 3.19. The van der Waals surface area contributed by atoms with Crippen molar-refractivity contribution in [2.75, 3.05) is 38.0 Å². The lowest BCUT2D eigenvalue weighted by atomic mass is 10.2. The van der Waals surface area contributed by atoms with Crippen molar-refractivity contribution in [3.05, 3.63) is 60.3 Å². The molecule has 0 spiro atoms. The number of rotatable bonds is 6. The number of hydrogen-bond donors (Lipinski definition) is 2. The molecule has 0 saturated carbocycles. The number of aromatic nitrogens is 1. The van der Waals surface area contributed by atoms with Crippen LogP contribution >= 0.6 is 11.8 Å². The molecule has 1 aliphatic heterocycles. The highest BCUT2D eigenvalue weighted by Gasteiger charge is 2.24. The number of alkyl halides is 2. The molecule has 0 aliphatic carbocycles. The van der Waals surface area contributed by atoms with Gasteiger partial charge in [0.15, 0.2) is 0 Å². The second-order valence-corrected chi connectivity index (χ2v) is 8.29. The Kier molecular flexibility index (Phi) is 6.53. The minimum Gasteiger partial charge on any atom is -0.351 e. The SMILES string of the molecule is O=C(CN1CCN(C(=O)c2cc3ccccc3[nH]2)CC1)Nc1ccccc1SC(F)F. The molecule has 1 fully saturated rings. The summed E-state index contributed by atoms with van der Waals surface area (Å²) in [5.74, 6) is -2.88. The zero-order valence-corrected chi connectivity index (χ0v) is 17.5. The Morgan fingerprint density at radius 2 is 1.74 bits per heavy atom. The van der Waals surface area contributed by atoms with Crippen LogP contribution in [0.5, 0.6) is 0 Å². The highest BCUT2D eigenvalue weighted by Crippen LogP contribution is 2.31. The second kappa shape index (κ2) is 9.49. The van der Waals surface area contributed by atoms with Gasteiger partial charge < -0.3 is 15.2 Å². The molecule has 162 valence electrons. The van der Waals surface area contributed by atoms with E-state index in [2.05, 4.69) is 10.3 Å². The number of fused-ring (bicyclic) bond motifs is 1. The normalized spacial score (nSPS) is 14.9. The molecule has 0 bridgehead atoms. The minimum absolute atomic E-state index is 0.0572. The first-order valence-corrected chi connectivity index (χ1v) is 10.8. The number of para-hydroxylation sites is 2. The molecule has 2 N–H and O–H groups in total. The molecular formula is C22H22F2N4O2S. The molecular weight excluding hydrogens is 422 g/mol. The van der Waals surface area contributed by atoms with Crippen LogP contribution in [0.15, 0.2) is 59.5 Å². The van der Waals surface area contributed by atoms with E-state index in [1.807, 2.05) is 35.2 Å². The number of carbonyl (C=O) groups excluding carboxylic acids is 2. The van der Waals surface area contributed by atoms with Gasteiger partial charge in [0.1, 0.15) is 5.69 Å². The van der Waals surface area contributed by atoms with Gasteiger partial charge >= 0.3 is 0 Å². The highest BCUT2D eigenvalue weighted by molar-refractivity contribution is 7.99. The molecule has 1 aliphatic rings. The smallest absolute Gasteiger partial charge is 0.288 e. The maximum absolute atomic E-state index is 12.8. The molecule has 6 nitrogen and oxygen atoms in total. The first-order valence-electron chi connectivity index (χ1n) is 9.92. The molecule has 9 heteroatoms. The molecule has 4 rings (SSSR count). The number of amides is 2. The van der Waals surface area contributed by atoms with Crippen LogP contribution in [0.2, 0.25) is 0 Å². The van der Waals surface area contributed by atoms with Gasteiger partial charge in [0.25, 0.3) is 11.7 Å². The van der Waals surface area contributed by atoms with E-state index in [0.717, 1.165) is 10.9 Å². The zero-order chi connectivity index (χ0) is 21.8. The van der Waals surface area contributed by atoms with Gasteiger partial charge in [0.05, 0.1) is 12.2 Å². The van der Waals surface area contributed by atoms with Gasteiger partial charge in [-0.2, -0.15) is 8.78 Å². The summed E-state index contributed by atoms with van der Waals surface area (Å²) < 4.78 is 25.4. The van der Waals surface area contributed by atoms with E-state index in [1.54, 1.807) is 29.2 Å². The van der Waals surface area contributed by atoms with E-state index < -0.39 is 5.76 Å². The number of thioether (sulfide) groups is 1. The third-order valence-electron chi connectivity index (χ3n) is 5.16. The lowest BCUT2D eigenvalue weighted by molar-refractivity contribution is -0.117. The van der Waals surface area contributed by atoms with E-state index in [-0.39, 0.29) is 18.4 Å². The van der Waals surface area contributed by atoms with Crippen LogP contribution in [-0.2, 0) is 4.79 Å². The lowest BCUT2D eigenvalue weighted by Crippen LogP contribution is -2.50. The number of carbonyl (C=O) groups is 2. The minimum atomic E-state index is -2.55. The van der Waals surface area contributed by atoms with Gasteiger partial charge in [-0.05, 0) is 24.3 Å². The number of benzene rings is 2. The van der Waals surface area contributed by atoms with Crippen molar-refractivity contribution in [1.82, 2.24) is 14.8 Å². The van der Waals surface area contributed by atoms with E-state index in [4.69, 9.17) is 0 Å². The number of hydrogen-bond acceptors (Lipinski definition) is 4. The number of nitrogens with one attached hydrogen (secondary N) is 2. The number of aromatic amines is 1. The van der Waals surface area contributed by atoms with Crippen LogP contribution in [0, 0.1) is 0 Å². The second-order valence-electron chi connectivity index (χ2n) is 7.26. The molecule has 31 heavy (non-hydrogen) atoms. The maximum atomic E-state index is 12.8. The van der Waals surface area contributed by atoms with Gasteiger partial charge in [-0.15, -0.1) is 0 Å². The van der Waals surface area contributed by atoms with Gasteiger partial charge in [0, 0.05) is 42.0 Å². The maximum Gasteiger partial charge on any atom is 0.288 e. The quantitative estimate of drug-likeness (QED) is 0.567. The molecule has 1 saturated heterocycles. The van der Waals surface area contributed by atoms with Crippen LogP contribution in [0.25, 0.3) is 10.9 Å². The largest absolute Gasteiger partial charge is 0.351 e. The van der Waals surface area contributed by atoms with Crippen molar-refractivity contribution in [1.29, 1.82) is 0 Å². The van der Waals surface area contributed by atoms with Crippen molar-refractivity contribution < 1.29 is 18.4 Å². The van der Waals surface area contributed by atoms with E-state index in [9.17, 15) is 18.4 Å². The summed E-state index contributed by atoms with van der Waals surface area (Å²) >= 11 is 0.407. The fourth-order valence-corrected chi connectivity index (χ4v) is 4.22. The lowest BCUT2D eigenvalue weighted by Gasteiger charge is -2.34. The number of nitrogens with zero attached hydrogens (tertiary/aromatic N) is 2. The Morgan fingerprint density at radius 1 is 1.03 bits per heavy atom. The summed E-state index contributed by atoms with van der Waals surface area (Å²) in [6, 6.07) is 16.1. The van der Waals surface area contributed by atoms with Crippen molar-refractivity contribution in [3.8, 4) is 0 Å². The molecule has 1 aromatic heterocycles. The summed E-state index contributed by atoms with van der Waals surface area (Å²) in [5.41, 5.74) is 1.86. The Labute approximate surface area is 182 Å². The van der Waals surface area contributed by atoms with E-state index in [0.29, 0.717) is 54.2 Å². The molecule has 0 atom stereocenters. The van der Waals surface area contributed by atoms with Crippen molar-refractivity contribution in [3.63, 3.8) is 0 Å². The standard InChI is InChI=1S/C22H22F2N4O2S/c23-22(24)31-19-8-4-3-7-17(19)26-20(29)14-27-9-11-28(12-10-27)21(30)18-13-15-5-1-2-6-16(15)25-18/h1-8,13,22,25H,9-12,14H2,(H,26,29). The summed E-state index contributed by atoms with van der Waals surface area (Å²) in [6.07, 6.45) is 0. The van der Waals surface area contributed by atoms with E-state index >= 15 is 0 Å². The molecule has 2 amide bonds. The molecule has 3 aromatic rings. The van der Waals surface area contributed by atoms with Crippen molar-refractivity contribution in [2.24, 2.45) is 0 Å². The van der Waals surface area contributed by atoms with Crippen molar-refractivity contribution >= 4 is 40.2 Å². The Balaban J connectivity index is 1.30. The molecule has 2 heterocycles. The number of H-pyrrole nitrogens is 1. The van der Waals surface area contributed by atoms with Crippen LogP contribution in [0.1, 0.15) is 10.5 Å². The summed E-state index contributed by atoms with van der Waals surface area (Å²) in [6.45, 7) is 2.29. The van der Waals surface area contributed by atoms with Gasteiger partial charge in [-0.1, -0.05) is 42.1 Å². The third kappa shape index (κ3) is 5.23. The molecule has 0 radical (unpaired) electrons. The Morgan fingerprint density at radius 3 is 2.48 bits per heavy atom. The fourth-order valence-electron chi connectivity index (χ4n) is 3.63. The first kappa shape index (κ1) is 21.3. The Hall–Kier alpha value is -2.91. The average molecular weight is 445 g/mol. The monoisotopic (exact) mass is 444 g/mol. The van der Waals surface area contributed by atoms with Crippen LogP contribution in [0.3, 0.4) is 0 Å². The summed E-state index contributed by atoms with van der Waals surface area (Å²) in [7, 11) is 0. The summed E-state index contributed by atoms with van der Waals surface area (Å²) in [4.78, 5) is 32.4. The van der Waals surface area contributed by atoms with Crippen LogP contribution in [-0.4, -0.2) is 65.1 Å². The van der Waals surface area contributed by atoms with Gasteiger partial charge in [-0.3, -0.25) is 14.5 Å². The number of anilines is 1. The van der Waals surface area contributed by atoms with Gasteiger partial charge in [-0.25, -0.2) is 0 Å². The fraction of sp³-hybridized carbons (Fsp3) is 0.273. The van der Waals surface area contributed by atoms with Crippen LogP contribution < -0.4 is 5.32 Å². The van der Waals surface area contributed by atoms with Crippen LogP contribution in [0.4, 0.5) is 14.5 Å². The molecule has 0 unspecified atom stereocenters. The highest BCUT2D eigenvalue weighted by atomic mass is 32.2. The van der Waals surface area contributed by atoms with Gasteiger partial charge in [0.2, 0.25) is 5.91 Å². The predicted molar refractivity (Wildman–Crippen MR) is 118 cm³/mol. The molecule has 2 aromatic carbocycles. The third-order valence-corrected chi connectivity index (χ3v) is 5.95. The predicted octanol–water partition coefficient (Wildman–Crippen LogP) is 3.88. The van der Waals surface area contributed by atoms with Crippen molar-refractivity contribution in [2.45, 2.75) is 10.7 Å².